The maximum atomic E-state index is 3.56. The zero-order valence-electron chi connectivity index (χ0n) is 10.2. The minimum Gasteiger partial charge on any atom is -0.344 e. The molecule has 0 saturated carbocycles. The third-order valence-electron chi connectivity index (χ3n) is 2.88. The molecule has 0 aliphatic heterocycles. The average molecular weight is 290 g/mol. The lowest BCUT2D eigenvalue weighted by Gasteiger charge is -2.22. The third-order valence-corrected chi connectivity index (χ3v) is 3.49. The largest absolute Gasteiger partial charge is 0.344 e. The number of benzene rings is 2. The highest BCUT2D eigenvalue weighted by atomic mass is 79.9. The van der Waals surface area contributed by atoms with Crippen LogP contribution in [0.1, 0.15) is 11.1 Å². The van der Waals surface area contributed by atoms with Crippen molar-refractivity contribution in [2.45, 2.75) is 12.3 Å². The second kappa shape index (κ2) is 5.37. The van der Waals surface area contributed by atoms with Crippen molar-refractivity contribution in [1.82, 2.24) is 0 Å². The van der Waals surface area contributed by atoms with Gasteiger partial charge in [-0.15, -0.1) is 0 Å². The highest BCUT2D eigenvalue weighted by Gasteiger charge is 2.08. The van der Waals surface area contributed by atoms with Crippen molar-refractivity contribution in [2.75, 3.05) is 11.9 Å². The van der Waals surface area contributed by atoms with Crippen LogP contribution in [0.5, 0.6) is 0 Å². The Morgan fingerprint density at radius 3 is 2.41 bits per heavy atom. The number of nitrogens with zero attached hydrogens (tertiary/aromatic N) is 1. The molecule has 2 aromatic carbocycles. The zero-order valence-corrected chi connectivity index (χ0v) is 11.7. The highest BCUT2D eigenvalue weighted by molar-refractivity contribution is 9.08. The monoisotopic (exact) mass is 289 g/mol. The van der Waals surface area contributed by atoms with E-state index in [4.69, 9.17) is 0 Å². The van der Waals surface area contributed by atoms with Gasteiger partial charge in [-0.3, -0.25) is 0 Å². The van der Waals surface area contributed by atoms with Crippen LogP contribution in [-0.2, 0) is 5.33 Å². The molecule has 2 aromatic rings. The summed E-state index contributed by atoms with van der Waals surface area (Å²) in [4.78, 5) is 2.22. The summed E-state index contributed by atoms with van der Waals surface area (Å²) in [6.45, 7) is 2.12. The maximum Gasteiger partial charge on any atom is 0.0449 e. The molecular formula is C15H16BrN. The lowest BCUT2D eigenvalue weighted by atomic mass is 10.1. The van der Waals surface area contributed by atoms with Crippen molar-refractivity contribution in [2.24, 2.45) is 0 Å². The second-order valence-electron chi connectivity index (χ2n) is 4.16. The summed E-state index contributed by atoms with van der Waals surface area (Å²) in [5, 5.41) is 0.876. The Morgan fingerprint density at radius 1 is 1.06 bits per heavy atom. The van der Waals surface area contributed by atoms with Gasteiger partial charge in [0.05, 0.1) is 0 Å². The van der Waals surface area contributed by atoms with Crippen LogP contribution >= 0.6 is 15.9 Å². The molecule has 0 amide bonds. The molecule has 2 rings (SSSR count). The predicted octanol–water partition coefficient (Wildman–Crippen LogP) is 4.66. The average Bonchev–Trinajstić information content (AvgIpc) is 2.39. The normalized spacial score (nSPS) is 10.3. The molecule has 0 heterocycles. The first-order valence-electron chi connectivity index (χ1n) is 5.66. The minimum atomic E-state index is 0.876. The van der Waals surface area contributed by atoms with Crippen molar-refractivity contribution in [3.8, 4) is 0 Å². The van der Waals surface area contributed by atoms with Crippen molar-refractivity contribution in [3.63, 3.8) is 0 Å². The lowest BCUT2D eigenvalue weighted by molar-refractivity contribution is 1.17. The second-order valence-corrected chi connectivity index (χ2v) is 4.72. The number of hydrogen-bond donors (Lipinski definition) is 0. The Kier molecular flexibility index (Phi) is 3.85. The molecule has 0 aromatic heterocycles. The molecule has 0 fully saturated rings. The van der Waals surface area contributed by atoms with E-state index < -0.39 is 0 Å². The van der Waals surface area contributed by atoms with Gasteiger partial charge in [-0.25, -0.2) is 0 Å². The highest BCUT2D eigenvalue weighted by Crippen LogP contribution is 2.28. The van der Waals surface area contributed by atoms with Crippen molar-refractivity contribution in [1.29, 1.82) is 0 Å². The summed E-state index contributed by atoms with van der Waals surface area (Å²) in [5.41, 5.74) is 5.07. The predicted molar refractivity (Wildman–Crippen MR) is 78.3 cm³/mol. The van der Waals surface area contributed by atoms with Crippen LogP contribution in [0.2, 0.25) is 0 Å². The fourth-order valence-electron chi connectivity index (χ4n) is 1.94. The summed E-state index contributed by atoms with van der Waals surface area (Å²) in [5.74, 6) is 0. The molecule has 0 aliphatic carbocycles. The molecule has 0 atom stereocenters. The van der Waals surface area contributed by atoms with Crippen molar-refractivity contribution in [3.05, 3.63) is 59.7 Å². The Hall–Kier alpha value is -1.28. The van der Waals surface area contributed by atoms with Crippen LogP contribution in [0.15, 0.2) is 48.5 Å². The number of para-hydroxylation sites is 1. The quantitative estimate of drug-likeness (QED) is 0.743. The van der Waals surface area contributed by atoms with Gasteiger partial charge in [0.2, 0.25) is 0 Å². The molecule has 88 valence electrons. The number of anilines is 2. The van der Waals surface area contributed by atoms with Gasteiger partial charge in [0.25, 0.3) is 0 Å². The van der Waals surface area contributed by atoms with Crippen LogP contribution in [0.3, 0.4) is 0 Å². The van der Waals surface area contributed by atoms with E-state index in [2.05, 4.69) is 77.3 Å². The van der Waals surface area contributed by atoms with E-state index in [1.54, 1.807) is 0 Å². The summed E-state index contributed by atoms with van der Waals surface area (Å²) in [6.07, 6.45) is 0. The van der Waals surface area contributed by atoms with Crippen LogP contribution in [0.4, 0.5) is 11.4 Å². The number of hydrogen-bond acceptors (Lipinski definition) is 1. The number of halogens is 1. The molecule has 0 radical (unpaired) electrons. The molecule has 0 bridgehead atoms. The first-order valence-corrected chi connectivity index (χ1v) is 6.79. The molecule has 2 heteroatoms. The third kappa shape index (κ3) is 2.70. The van der Waals surface area contributed by atoms with Crippen LogP contribution in [0.25, 0.3) is 0 Å². The summed E-state index contributed by atoms with van der Waals surface area (Å²) < 4.78 is 0. The Morgan fingerprint density at radius 2 is 1.76 bits per heavy atom. The van der Waals surface area contributed by atoms with Gasteiger partial charge in [-0.05, 0) is 30.7 Å². The fourth-order valence-corrected chi connectivity index (χ4v) is 2.39. The van der Waals surface area contributed by atoms with E-state index in [1.165, 1.54) is 22.5 Å². The first-order chi connectivity index (χ1) is 8.22. The Bertz CT molecular complexity index is 494. The van der Waals surface area contributed by atoms with E-state index in [0.717, 1.165) is 5.33 Å². The Balaban J connectivity index is 2.40. The number of alkyl halides is 1. The van der Waals surface area contributed by atoms with E-state index in [0.29, 0.717) is 0 Å². The molecule has 0 spiro atoms. The standard InChI is InChI=1S/C15H16BrN/c1-12-8-9-15(13(10-12)11-16)17(2)14-6-4-3-5-7-14/h3-10H,11H2,1-2H3. The fraction of sp³-hybridized carbons (Fsp3) is 0.200. The smallest absolute Gasteiger partial charge is 0.0449 e. The molecule has 17 heavy (non-hydrogen) atoms. The number of aryl methyl sites for hydroxylation is 1. The van der Waals surface area contributed by atoms with Crippen LogP contribution in [-0.4, -0.2) is 7.05 Å². The first kappa shape index (κ1) is 12.2. The number of rotatable bonds is 3. The molecular weight excluding hydrogens is 274 g/mol. The maximum absolute atomic E-state index is 3.56. The summed E-state index contributed by atoms with van der Waals surface area (Å²) in [7, 11) is 2.10. The van der Waals surface area contributed by atoms with Gasteiger partial charge >= 0.3 is 0 Å². The molecule has 0 N–H and O–H groups in total. The summed E-state index contributed by atoms with van der Waals surface area (Å²) >= 11 is 3.56. The van der Waals surface area contributed by atoms with Crippen LogP contribution in [0, 0.1) is 6.92 Å². The molecule has 0 saturated heterocycles. The van der Waals surface area contributed by atoms with Gasteiger partial charge in [0.15, 0.2) is 0 Å². The van der Waals surface area contributed by atoms with Crippen molar-refractivity contribution < 1.29 is 0 Å². The van der Waals surface area contributed by atoms with Gasteiger partial charge in [0.1, 0.15) is 0 Å². The van der Waals surface area contributed by atoms with E-state index in [1.807, 2.05) is 6.07 Å². The summed E-state index contributed by atoms with van der Waals surface area (Å²) in [6, 6.07) is 17.0. The van der Waals surface area contributed by atoms with Gasteiger partial charge < -0.3 is 4.90 Å². The molecule has 0 unspecified atom stereocenters. The van der Waals surface area contributed by atoms with E-state index in [-0.39, 0.29) is 0 Å². The zero-order chi connectivity index (χ0) is 12.3. The minimum absolute atomic E-state index is 0.876. The Labute approximate surface area is 111 Å². The molecule has 1 nitrogen and oxygen atoms in total. The van der Waals surface area contributed by atoms with E-state index in [9.17, 15) is 0 Å². The van der Waals surface area contributed by atoms with Crippen LogP contribution < -0.4 is 4.90 Å². The van der Waals surface area contributed by atoms with Gasteiger partial charge in [0, 0.05) is 23.8 Å². The lowest BCUT2D eigenvalue weighted by Crippen LogP contribution is -2.11. The SMILES string of the molecule is Cc1ccc(N(C)c2ccccc2)c(CBr)c1. The van der Waals surface area contributed by atoms with Crippen molar-refractivity contribution >= 4 is 27.3 Å². The van der Waals surface area contributed by atoms with E-state index >= 15 is 0 Å². The van der Waals surface area contributed by atoms with Gasteiger partial charge in [-0.2, -0.15) is 0 Å². The topological polar surface area (TPSA) is 3.24 Å². The van der Waals surface area contributed by atoms with Gasteiger partial charge in [-0.1, -0.05) is 51.8 Å². The molecule has 0 aliphatic rings.